The Balaban J connectivity index is 1.69. The van der Waals surface area contributed by atoms with Gasteiger partial charge in [-0.25, -0.2) is 0 Å². The number of hydrogen-bond donors (Lipinski definition) is 2. The highest BCUT2D eigenvalue weighted by molar-refractivity contribution is 6.30. The van der Waals surface area contributed by atoms with Crippen LogP contribution in [0.5, 0.6) is 0 Å². The number of anilines is 2. The lowest BCUT2D eigenvalue weighted by Gasteiger charge is -2.07. The number of carbonyl (C=O) groups excluding carboxylic acids is 2. The Hall–Kier alpha value is -2.08. The molecular weight excluding hydrogens is 339 g/mol. The van der Waals surface area contributed by atoms with Gasteiger partial charge in [-0.3, -0.25) is 9.59 Å². The van der Waals surface area contributed by atoms with E-state index in [9.17, 15) is 9.59 Å². The molecule has 2 amide bonds. The maximum atomic E-state index is 11.7. The molecule has 0 radical (unpaired) electrons. The van der Waals surface area contributed by atoms with Gasteiger partial charge in [-0.15, -0.1) is 0 Å². The van der Waals surface area contributed by atoms with Gasteiger partial charge in [0.25, 0.3) is 0 Å². The maximum Gasteiger partial charge on any atom is 0.250 e. The normalized spacial score (nSPS) is 10.2. The molecular formula is C16H14Cl2N2O3. The van der Waals surface area contributed by atoms with Crippen molar-refractivity contribution >= 4 is 46.4 Å². The average molecular weight is 353 g/mol. The van der Waals surface area contributed by atoms with E-state index in [2.05, 4.69) is 10.6 Å². The number of benzene rings is 2. The summed E-state index contributed by atoms with van der Waals surface area (Å²) in [7, 11) is 0. The summed E-state index contributed by atoms with van der Waals surface area (Å²) in [6.45, 7) is -0.451. The zero-order valence-corrected chi connectivity index (χ0v) is 13.5. The van der Waals surface area contributed by atoms with Crippen LogP contribution in [-0.4, -0.2) is 25.0 Å². The van der Waals surface area contributed by atoms with E-state index in [0.29, 0.717) is 21.4 Å². The summed E-state index contributed by atoms with van der Waals surface area (Å²) >= 11 is 11.5. The van der Waals surface area contributed by atoms with E-state index in [-0.39, 0.29) is 25.0 Å². The summed E-state index contributed by atoms with van der Waals surface area (Å²) in [6, 6.07) is 13.4. The van der Waals surface area contributed by atoms with Crippen molar-refractivity contribution in [2.45, 2.75) is 0 Å². The second-order valence-electron chi connectivity index (χ2n) is 4.60. The number of ether oxygens (including phenoxy) is 1. The molecule has 0 fully saturated rings. The van der Waals surface area contributed by atoms with Gasteiger partial charge < -0.3 is 15.4 Å². The molecule has 7 heteroatoms. The summed E-state index contributed by atoms with van der Waals surface area (Å²) in [5, 5.41) is 6.42. The Morgan fingerprint density at radius 3 is 1.43 bits per heavy atom. The molecule has 0 atom stereocenters. The van der Waals surface area contributed by atoms with Crippen molar-refractivity contribution in [3.05, 3.63) is 58.6 Å². The minimum Gasteiger partial charge on any atom is -0.362 e. The molecule has 23 heavy (non-hydrogen) atoms. The Bertz CT molecular complexity index is 613. The Morgan fingerprint density at radius 2 is 1.09 bits per heavy atom. The van der Waals surface area contributed by atoms with Crippen LogP contribution in [0, 0.1) is 0 Å². The quantitative estimate of drug-likeness (QED) is 0.834. The van der Waals surface area contributed by atoms with E-state index in [1.165, 1.54) is 0 Å². The number of halogens is 2. The SMILES string of the molecule is O=C(COCC(=O)Nc1ccc(Cl)cc1)Nc1ccc(Cl)cc1. The molecule has 0 spiro atoms. The van der Waals surface area contributed by atoms with E-state index >= 15 is 0 Å². The molecule has 0 aliphatic rings. The minimum atomic E-state index is -0.355. The number of hydrogen-bond acceptors (Lipinski definition) is 3. The number of carbonyl (C=O) groups is 2. The fourth-order valence-corrected chi connectivity index (χ4v) is 1.95. The first-order valence-corrected chi connectivity index (χ1v) is 7.47. The van der Waals surface area contributed by atoms with Crippen LogP contribution in [0.1, 0.15) is 0 Å². The second kappa shape index (κ2) is 8.53. The zero-order valence-electron chi connectivity index (χ0n) is 12.0. The Kier molecular flexibility index (Phi) is 6.40. The van der Waals surface area contributed by atoms with Crippen LogP contribution in [-0.2, 0) is 14.3 Å². The van der Waals surface area contributed by atoms with Gasteiger partial charge in [0.2, 0.25) is 11.8 Å². The summed E-state index contributed by atoms with van der Waals surface area (Å²) in [4.78, 5) is 23.3. The molecule has 0 unspecified atom stereocenters. The third kappa shape index (κ3) is 6.28. The maximum absolute atomic E-state index is 11.7. The molecule has 5 nitrogen and oxygen atoms in total. The Morgan fingerprint density at radius 1 is 0.739 bits per heavy atom. The Labute approximate surface area is 143 Å². The molecule has 2 aromatic rings. The van der Waals surface area contributed by atoms with Crippen molar-refractivity contribution < 1.29 is 14.3 Å². The van der Waals surface area contributed by atoms with Crippen molar-refractivity contribution in [1.82, 2.24) is 0 Å². The molecule has 2 rings (SSSR count). The third-order valence-corrected chi connectivity index (χ3v) is 3.23. The van der Waals surface area contributed by atoms with Crippen LogP contribution in [0.4, 0.5) is 11.4 Å². The fourth-order valence-electron chi connectivity index (χ4n) is 1.70. The smallest absolute Gasteiger partial charge is 0.250 e. The summed E-state index contributed by atoms with van der Waals surface area (Å²) in [6.07, 6.45) is 0. The van der Waals surface area contributed by atoms with Gasteiger partial charge in [-0.1, -0.05) is 23.2 Å². The molecule has 0 aromatic heterocycles. The zero-order chi connectivity index (χ0) is 16.7. The van der Waals surface area contributed by atoms with Crippen molar-refractivity contribution in [1.29, 1.82) is 0 Å². The predicted molar refractivity (Wildman–Crippen MR) is 91.0 cm³/mol. The van der Waals surface area contributed by atoms with Crippen LogP contribution in [0.25, 0.3) is 0 Å². The first kappa shape index (κ1) is 17.3. The van der Waals surface area contributed by atoms with Gasteiger partial charge in [0.15, 0.2) is 0 Å². The van der Waals surface area contributed by atoms with Gasteiger partial charge in [0, 0.05) is 21.4 Å². The summed E-state index contributed by atoms with van der Waals surface area (Å²) in [5.74, 6) is -0.710. The lowest BCUT2D eigenvalue weighted by molar-refractivity contribution is -0.125. The molecule has 2 aromatic carbocycles. The van der Waals surface area contributed by atoms with E-state index in [1.54, 1.807) is 48.5 Å². The minimum absolute atomic E-state index is 0.226. The molecule has 0 aliphatic heterocycles. The van der Waals surface area contributed by atoms with Crippen molar-refractivity contribution in [3.63, 3.8) is 0 Å². The van der Waals surface area contributed by atoms with Crippen molar-refractivity contribution in [2.24, 2.45) is 0 Å². The lowest BCUT2D eigenvalue weighted by atomic mass is 10.3. The fraction of sp³-hybridized carbons (Fsp3) is 0.125. The van der Waals surface area contributed by atoms with Gasteiger partial charge >= 0.3 is 0 Å². The summed E-state index contributed by atoms with van der Waals surface area (Å²) < 4.78 is 5.07. The van der Waals surface area contributed by atoms with Gasteiger partial charge in [-0.05, 0) is 48.5 Å². The van der Waals surface area contributed by atoms with Crippen LogP contribution in [0.3, 0.4) is 0 Å². The highest BCUT2D eigenvalue weighted by atomic mass is 35.5. The van der Waals surface area contributed by atoms with E-state index in [1.807, 2.05) is 0 Å². The third-order valence-electron chi connectivity index (χ3n) is 2.72. The number of nitrogens with one attached hydrogen (secondary N) is 2. The van der Waals surface area contributed by atoms with Gasteiger partial charge in [0.1, 0.15) is 13.2 Å². The van der Waals surface area contributed by atoms with Crippen LogP contribution < -0.4 is 10.6 Å². The molecule has 0 aliphatic carbocycles. The van der Waals surface area contributed by atoms with Gasteiger partial charge in [-0.2, -0.15) is 0 Å². The molecule has 0 heterocycles. The molecule has 0 saturated carbocycles. The number of rotatable bonds is 6. The van der Waals surface area contributed by atoms with Crippen LogP contribution in [0.15, 0.2) is 48.5 Å². The monoisotopic (exact) mass is 352 g/mol. The lowest BCUT2D eigenvalue weighted by Crippen LogP contribution is -2.23. The number of amides is 2. The molecule has 2 N–H and O–H groups in total. The first-order chi connectivity index (χ1) is 11.0. The average Bonchev–Trinajstić information content (AvgIpc) is 2.52. The van der Waals surface area contributed by atoms with Crippen LogP contribution >= 0.6 is 23.2 Å². The standard InChI is InChI=1S/C16H14Cl2N2O3/c17-11-1-5-13(6-2-11)19-15(21)9-23-10-16(22)20-14-7-3-12(18)4-8-14/h1-8H,9-10H2,(H,19,21)(H,20,22). The van der Waals surface area contributed by atoms with E-state index in [4.69, 9.17) is 27.9 Å². The molecule has 0 bridgehead atoms. The van der Waals surface area contributed by atoms with Crippen LogP contribution in [0.2, 0.25) is 10.0 Å². The molecule has 0 saturated heterocycles. The largest absolute Gasteiger partial charge is 0.362 e. The highest BCUT2D eigenvalue weighted by Crippen LogP contribution is 2.14. The first-order valence-electron chi connectivity index (χ1n) is 6.71. The van der Waals surface area contributed by atoms with E-state index in [0.717, 1.165) is 0 Å². The van der Waals surface area contributed by atoms with Gasteiger partial charge in [0.05, 0.1) is 0 Å². The van der Waals surface area contributed by atoms with E-state index < -0.39 is 0 Å². The topological polar surface area (TPSA) is 67.4 Å². The molecule has 120 valence electrons. The highest BCUT2D eigenvalue weighted by Gasteiger charge is 2.06. The predicted octanol–water partition coefficient (Wildman–Crippen LogP) is 3.59. The van der Waals surface area contributed by atoms with Crippen molar-refractivity contribution in [2.75, 3.05) is 23.8 Å². The summed E-state index contributed by atoms with van der Waals surface area (Å²) in [5.41, 5.74) is 1.21. The second-order valence-corrected chi connectivity index (χ2v) is 5.48. The van der Waals surface area contributed by atoms with Crippen molar-refractivity contribution in [3.8, 4) is 0 Å².